The number of carbonyl (C=O) groups excluding carboxylic acids is 1. The van der Waals surface area contributed by atoms with Crippen molar-refractivity contribution >= 4 is 17.8 Å². The lowest BCUT2D eigenvalue weighted by atomic mass is 9.86. The first-order valence-corrected chi connectivity index (χ1v) is 10.8. The van der Waals surface area contributed by atoms with Gasteiger partial charge in [0, 0.05) is 36.3 Å². The smallest absolute Gasteiger partial charge is 0.243 e. The van der Waals surface area contributed by atoms with Crippen LogP contribution in [0.5, 0.6) is 5.75 Å². The lowest BCUT2D eigenvalue weighted by molar-refractivity contribution is -0.122. The summed E-state index contributed by atoms with van der Waals surface area (Å²) in [7, 11) is 0. The second-order valence-electron chi connectivity index (χ2n) is 8.97. The van der Waals surface area contributed by atoms with Crippen molar-refractivity contribution < 1.29 is 9.90 Å². The number of rotatable bonds is 7. The van der Waals surface area contributed by atoms with Crippen molar-refractivity contribution in [1.29, 1.82) is 0 Å². The Morgan fingerprint density at radius 3 is 2.40 bits per heavy atom. The predicted octanol–water partition coefficient (Wildman–Crippen LogP) is 4.79. The first-order chi connectivity index (χ1) is 14.2. The Hall–Kier alpha value is -2.82. The van der Waals surface area contributed by atoms with E-state index in [2.05, 4.69) is 74.3 Å². The van der Waals surface area contributed by atoms with Gasteiger partial charge in [-0.2, -0.15) is 5.10 Å². The Morgan fingerprint density at radius 1 is 1.17 bits per heavy atom. The fraction of sp³-hybridized carbons (Fsp3) is 0.440. The predicted molar refractivity (Wildman–Crippen MR) is 123 cm³/mol. The molecule has 0 bridgehead atoms. The topological polar surface area (TPSA) is 64.9 Å². The van der Waals surface area contributed by atoms with E-state index in [1.165, 1.54) is 17.3 Å². The Kier molecular flexibility index (Phi) is 6.49. The minimum atomic E-state index is -0.0737. The molecule has 1 aliphatic carbocycles. The highest BCUT2D eigenvalue weighted by molar-refractivity contribution is 5.87. The standard InChI is InChI=1S/C25H33N3O2/c1-6-28(7-2)20-13-10-18(23(29)14-20)16-26-27-24(30)22-15-21(22)17-8-11-19(12-9-17)25(3,4)5/h8-14,16,21-22,29H,6-7,15H2,1-5H3,(H,27,30)/b26-16+/t21-,22+/m0/s1. The highest BCUT2D eigenvalue weighted by Crippen LogP contribution is 2.47. The average molecular weight is 408 g/mol. The van der Waals surface area contributed by atoms with E-state index >= 15 is 0 Å². The number of benzene rings is 2. The van der Waals surface area contributed by atoms with E-state index in [4.69, 9.17) is 0 Å². The number of phenols is 1. The average Bonchev–Trinajstić information content (AvgIpc) is 3.51. The molecule has 1 amide bonds. The van der Waals surface area contributed by atoms with Crippen molar-refractivity contribution in [3.63, 3.8) is 0 Å². The molecule has 2 aromatic carbocycles. The zero-order valence-corrected chi connectivity index (χ0v) is 18.6. The first-order valence-electron chi connectivity index (χ1n) is 10.8. The van der Waals surface area contributed by atoms with E-state index < -0.39 is 0 Å². The van der Waals surface area contributed by atoms with Gasteiger partial charge in [-0.1, -0.05) is 45.0 Å². The van der Waals surface area contributed by atoms with Crippen LogP contribution >= 0.6 is 0 Å². The van der Waals surface area contributed by atoms with E-state index in [-0.39, 0.29) is 28.9 Å². The van der Waals surface area contributed by atoms with Crippen molar-refractivity contribution in [2.45, 2.75) is 52.4 Å². The fourth-order valence-corrected chi connectivity index (χ4v) is 3.76. The van der Waals surface area contributed by atoms with Crippen LogP contribution in [-0.4, -0.2) is 30.3 Å². The molecule has 2 N–H and O–H groups in total. The molecule has 30 heavy (non-hydrogen) atoms. The maximum atomic E-state index is 12.4. The third-order valence-corrected chi connectivity index (χ3v) is 5.85. The van der Waals surface area contributed by atoms with E-state index in [9.17, 15) is 9.90 Å². The second kappa shape index (κ2) is 8.90. The molecular weight excluding hydrogens is 374 g/mol. The maximum Gasteiger partial charge on any atom is 0.243 e. The van der Waals surface area contributed by atoms with Gasteiger partial charge in [-0.25, -0.2) is 5.43 Å². The van der Waals surface area contributed by atoms with Crippen LogP contribution in [-0.2, 0) is 10.2 Å². The molecule has 0 aromatic heterocycles. The van der Waals surface area contributed by atoms with Gasteiger partial charge in [-0.15, -0.1) is 0 Å². The highest BCUT2D eigenvalue weighted by atomic mass is 16.3. The Morgan fingerprint density at radius 2 is 1.83 bits per heavy atom. The number of amides is 1. The summed E-state index contributed by atoms with van der Waals surface area (Å²) in [5, 5.41) is 14.3. The van der Waals surface area contributed by atoms with Crippen LogP contribution in [0.1, 0.15) is 63.6 Å². The number of hydrazone groups is 1. The quantitative estimate of drug-likeness (QED) is 0.512. The lowest BCUT2D eigenvalue weighted by Crippen LogP contribution is -2.21. The zero-order valence-electron chi connectivity index (χ0n) is 18.6. The monoisotopic (exact) mass is 407 g/mol. The van der Waals surface area contributed by atoms with Gasteiger partial charge in [0.1, 0.15) is 5.75 Å². The number of hydrogen-bond acceptors (Lipinski definition) is 4. The third kappa shape index (κ3) is 5.02. The van der Waals surface area contributed by atoms with Crippen molar-refractivity contribution in [3.8, 4) is 5.75 Å². The van der Waals surface area contributed by atoms with Crippen LogP contribution in [0, 0.1) is 5.92 Å². The summed E-state index contributed by atoms with van der Waals surface area (Å²) < 4.78 is 0. The molecule has 0 aliphatic heterocycles. The molecule has 0 heterocycles. The summed E-state index contributed by atoms with van der Waals surface area (Å²) in [6.07, 6.45) is 2.34. The molecule has 2 aromatic rings. The van der Waals surface area contributed by atoms with Gasteiger partial charge < -0.3 is 10.0 Å². The summed E-state index contributed by atoms with van der Waals surface area (Å²) in [5.74, 6) is 0.299. The Labute approximate surface area is 179 Å². The maximum absolute atomic E-state index is 12.4. The number of anilines is 1. The van der Waals surface area contributed by atoms with Crippen LogP contribution < -0.4 is 10.3 Å². The molecular formula is C25H33N3O2. The minimum absolute atomic E-state index is 0.0405. The number of carbonyl (C=O) groups is 1. The molecule has 2 atom stereocenters. The molecule has 5 nitrogen and oxygen atoms in total. The van der Waals surface area contributed by atoms with Gasteiger partial charge in [-0.3, -0.25) is 4.79 Å². The van der Waals surface area contributed by atoms with E-state index in [0.717, 1.165) is 25.2 Å². The second-order valence-corrected chi connectivity index (χ2v) is 8.97. The first kappa shape index (κ1) is 21.9. The molecule has 160 valence electrons. The molecule has 5 heteroatoms. The largest absolute Gasteiger partial charge is 0.507 e. The highest BCUT2D eigenvalue weighted by Gasteiger charge is 2.44. The van der Waals surface area contributed by atoms with Gasteiger partial charge in [0.2, 0.25) is 5.91 Å². The van der Waals surface area contributed by atoms with Crippen molar-refractivity contribution in [2.75, 3.05) is 18.0 Å². The van der Waals surface area contributed by atoms with Gasteiger partial charge in [0.05, 0.1) is 6.21 Å². The molecule has 0 saturated heterocycles. The van der Waals surface area contributed by atoms with Gasteiger partial charge in [0.15, 0.2) is 0 Å². The van der Waals surface area contributed by atoms with Crippen LogP contribution in [0.15, 0.2) is 47.6 Å². The number of hydrogen-bond donors (Lipinski definition) is 2. The minimum Gasteiger partial charge on any atom is -0.507 e. The Balaban J connectivity index is 1.56. The number of nitrogens with one attached hydrogen (secondary N) is 1. The molecule has 1 fully saturated rings. The molecule has 1 aliphatic rings. The van der Waals surface area contributed by atoms with Gasteiger partial charge >= 0.3 is 0 Å². The van der Waals surface area contributed by atoms with Crippen molar-refractivity contribution in [1.82, 2.24) is 5.43 Å². The summed E-state index contributed by atoms with van der Waals surface area (Å²) in [4.78, 5) is 14.6. The van der Waals surface area contributed by atoms with Gasteiger partial charge in [-0.05, 0) is 54.9 Å². The van der Waals surface area contributed by atoms with Crippen LogP contribution in [0.2, 0.25) is 0 Å². The van der Waals surface area contributed by atoms with Crippen LogP contribution in [0.3, 0.4) is 0 Å². The Bertz CT molecular complexity index is 909. The molecule has 0 spiro atoms. The van der Waals surface area contributed by atoms with Gasteiger partial charge in [0.25, 0.3) is 0 Å². The van der Waals surface area contributed by atoms with Crippen molar-refractivity contribution in [3.05, 3.63) is 59.2 Å². The van der Waals surface area contributed by atoms with E-state index in [1.807, 2.05) is 12.1 Å². The molecule has 3 rings (SSSR count). The molecule has 0 unspecified atom stereocenters. The van der Waals surface area contributed by atoms with Crippen LogP contribution in [0.25, 0.3) is 0 Å². The molecule has 1 saturated carbocycles. The number of nitrogens with zero attached hydrogens (tertiary/aromatic N) is 2. The summed E-state index contributed by atoms with van der Waals surface area (Å²) in [5.41, 5.74) is 6.80. The van der Waals surface area contributed by atoms with Crippen LogP contribution in [0.4, 0.5) is 5.69 Å². The normalized spacial score (nSPS) is 18.4. The SMILES string of the molecule is CCN(CC)c1ccc(/C=N/NC(=O)[C@@H]2C[C@H]2c2ccc(C(C)(C)C)cc2)c(O)c1. The fourth-order valence-electron chi connectivity index (χ4n) is 3.76. The summed E-state index contributed by atoms with van der Waals surface area (Å²) in [6.45, 7) is 12.5. The number of aromatic hydroxyl groups is 1. The molecule has 0 radical (unpaired) electrons. The van der Waals surface area contributed by atoms with E-state index in [0.29, 0.717) is 5.56 Å². The number of phenolic OH excluding ortho intramolecular Hbond substituents is 1. The zero-order chi connectivity index (χ0) is 21.9. The lowest BCUT2D eigenvalue weighted by Gasteiger charge is -2.21. The summed E-state index contributed by atoms with van der Waals surface area (Å²) >= 11 is 0. The van der Waals surface area contributed by atoms with Crippen molar-refractivity contribution in [2.24, 2.45) is 11.0 Å². The summed E-state index contributed by atoms with van der Waals surface area (Å²) in [6, 6.07) is 14.1. The van der Waals surface area contributed by atoms with E-state index in [1.54, 1.807) is 6.07 Å². The third-order valence-electron chi connectivity index (χ3n) is 5.85.